The summed E-state index contributed by atoms with van der Waals surface area (Å²) < 4.78 is 0. The van der Waals surface area contributed by atoms with Gasteiger partial charge in [-0.1, -0.05) is 18.2 Å². The number of hydrogen-bond acceptors (Lipinski definition) is 4. The van der Waals surface area contributed by atoms with Crippen molar-refractivity contribution in [3.05, 3.63) is 73.1 Å². The fraction of sp³-hybridized carbons (Fsp3) is 0.316. The molecule has 0 bridgehead atoms. The summed E-state index contributed by atoms with van der Waals surface area (Å²) in [7, 11) is 0. The van der Waals surface area contributed by atoms with Crippen molar-refractivity contribution in [3.63, 3.8) is 0 Å². The number of carbonyl (C=O) groups excluding carboxylic acids is 1. The van der Waals surface area contributed by atoms with E-state index in [4.69, 9.17) is 0 Å². The van der Waals surface area contributed by atoms with E-state index in [2.05, 4.69) is 33.0 Å². The molecule has 1 atom stereocenters. The molecule has 2 aromatic heterocycles. The maximum Gasteiger partial charge on any atom is 0.237 e. The van der Waals surface area contributed by atoms with Gasteiger partial charge < -0.3 is 9.88 Å². The molecule has 1 unspecified atom stereocenters. The maximum atomic E-state index is 12.8. The third kappa shape index (κ3) is 3.69. The molecule has 6 nitrogen and oxygen atoms in total. The van der Waals surface area contributed by atoms with Crippen LogP contribution in [0.4, 0.5) is 0 Å². The van der Waals surface area contributed by atoms with Crippen LogP contribution in [0.3, 0.4) is 0 Å². The Hall–Kier alpha value is -2.73. The highest BCUT2D eigenvalue weighted by Gasteiger charge is 2.32. The zero-order valence-electron chi connectivity index (χ0n) is 14.3. The van der Waals surface area contributed by atoms with Crippen molar-refractivity contribution < 1.29 is 4.79 Å². The topological polar surface area (TPSA) is 65.1 Å². The second kappa shape index (κ2) is 7.90. The van der Waals surface area contributed by atoms with E-state index in [1.54, 1.807) is 29.6 Å². The number of aromatic nitrogens is 3. The van der Waals surface area contributed by atoms with E-state index in [1.807, 2.05) is 18.3 Å². The number of pyridine rings is 1. The Morgan fingerprint density at radius 3 is 2.88 bits per heavy atom. The van der Waals surface area contributed by atoms with Crippen molar-refractivity contribution in [2.45, 2.75) is 12.5 Å². The lowest BCUT2D eigenvalue weighted by Crippen LogP contribution is -2.45. The van der Waals surface area contributed by atoms with Crippen molar-refractivity contribution >= 4 is 5.91 Å². The summed E-state index contributed by atoms with van der Waals surface area (Å²) in [5.41, 5.74) is 3.15. The first-order valence-corrected chi connectivity index (χ1v) is 8.40. The molecule has 0 aliphatic carbocycles. The molecule has 0 fully saturated rings. The van der Waals surface area contributed by atoms with Crippen LogP contribution in [0.15, 0.2) is 56.2 Å². The molecule has 1 aliphatic rings. The summed E-state index contributed by atoms with van der Waals surface area (Å²) >= 11 is 0. The standard InChI is InChI=1S/C19H23N5O/c1-3-9-23(10-4-2)17(25)13-24-11-7-16-18(22-14-21-16)19(24)15-6-5-8-20-12-15/h3-6,8,12,14,19H,1-2,7,9-11,13H2,(H,21,22). The Labute approximate surface area is 147 Å². The Morgan fingerprint density at radius 1 is 1.40 bits per heavy atom. The summed E-state index contributed by atoms with van der Waals surface area (Å²) in [4.78, 5) is 28.6. The number of aromatic amines is 1. The Morgan fingerprint density at radius 2 is 2.20 bits per heavy atom. The number of H-pyrrole nitrogens is 1. The van der Waals surface area contributed by atoms with Crippen LogP contribution in [0, 0.1) is 0 Å². The van der Waals surface area contributed by atoms with Gasteiger partial charge in [-0.15, -0.1) is 13.2 Å². The van der Waals surface area contributed by atoms with Crippen molar-refractivity contribution in [3.8, 4) is 0 Å². The molecule has 0 radical (unpaired) electrons. The molecule has 0 spiro atoms. The molecular weight excluding hydrogens is 314 g/mol. The summed E-state index contributed by atoms with van der Waals surface area (Å²) in [6.45, 7) is 9.62. The van der Waals surface area contributed by atoms with E-state index < -0.39 is 0 Å². The third-order valence-electron chi connectivity index (χ3n) is 4.41. The Balaban J connectivity index is 1.85. The number of fused-ring (bicyclic) bond motifs is 1. The van der Waals surface area contributed by atoms with Gasteiger partial charge in [0.1, 0.15) is 0 Å². The molecule has 2 aromatic rings. The molecule has 0 aromatic carbocycles. The average Bonchev–Trinajstić information content (AvgIpc) is 3.10. The van der Waals surface area contributed by atoms with Crippen LogP contribution >= 0.6 is 0 Å². The minimum Gasteiger partial charge on any atom is -0.348 e. The number of hydrogen-bond donors (Lipinski definition) is 1. The van der Waals surface area contributed by atoms with Crippen LogP contribution in [0.5, 0.6) is 0 Å². The molecule has 6 heteroatoms. The van der Waals surface area contributed by atoms with E-state index >= 15 is 0 Å². The number of nitrogens with one attached hydrogen (secondary N) is 1. The van der Waals surface area contributed by atoms with E-state index in [1.165, 1.54) is 0 Å². The van der Waals surface area contributed by atoms with Crippen LogP contribution in [0.1, 0.15) is 23.0 Å². The largest absolute Gasteiger partial charge is 0.348 e. The van der Waals surface area contributed by atoms with Gasteiger partial charge in [-0.05, 0) is 11.6 Å². The second-order valence-electron chi connectivity index (χ2n) is 6.05. The monoisotopic (exact) mass is 337 g/mol. The molecule has 1 amide bonds. The number of carbonyl (C=O) groups is 1. The van der Waals surface area contributed by atoms with Gasteiger partial charge >= 0.3 is 0 Å². The van der Waals surface area contributed by atoms with E-state index in [-0.39, 0.29) is 11.9 Å². The average molecular weight is 337 g/mol. The van der Waals surface area contributed by atoms with Gasteiger partial charge in [0.15, 0.2) is 0 Å². The van der Waals surface area contributed by atoms with Gasteiger partial charge in [-0.3, -0.25) is 14.7 Å². The smallest absolute Gasteiger partial charge is 0.237 e. The number of imidazole rings is 1. The molecular formula is C19H23N5O. The van der Waals surface area contributed by atoms with Crippen LogP contribution in [-0.4, -0.2) is 56.8 Å². The minimum absolute atomic E-state index is 0.0627. The predicted octanol–water partition coefficient (Wildman–Crippen LogP) is 1.95. The van der Waals surface area contributed by atoms with E-state index in [0.717, 1.165) is 29.9 Å². The van der Waals surface area contributed by atoms with Crippen molar-refractivity contribution in [2.75, 3.05) is 26.2 Å². The normalized spacial score (nSPS) is 16.9. The maximum absolute atomic E-state index is 12.8. The summed E-state index contributed by atoms with van der Waals surface area (Å²) in [5.74, 6) is 0.0627. The molecule has 3 rings (SSSR count). The third-order valence-corrected chi connectivity index (χ3v) is 4.41. The van der Waals surface area contributed by atoms with Gasteiger partial charge in [0.25, 0.3) is 0 Å². The van der Waals surface area contributed by atoms with Crippen molar-refractivity contribution in [1.82, 2.24) is 24.8 Å². The van der Waals surface area contributed by atoms with Crippen LogP contribution in [0.2, 0.25) is 0 Å². The minimum atomic E-state index is -0.0676. The second-order valence-corrected chi connectivity index (χ2v) is 6.05. The van der Waals surface area contributed by atoms with Gasteiger partial charge in [0.2, 0.25) is 5.91 Å². The number of amides is 1. The van der Waals surface area contributed by atoms with Crippen molar-refractivity contribution in [2.24, 2.45) is 0 Å². The van der Waals surface area contributed by atoms with Gasteiger partial charge in [0, 0.05) is 44.1 Å². The molecule has 130 valence electrons. The van der Waals surface area contributed by atoms with E-state index in [0.29, 0.717) is 19.6 Å². The van der Waals surface area contributed by atoms with Gasteiger partial charge in [-0.2, -0.15) is 0 Å². The fourth-order valence-corrected chi connectivity index (χ4v) is 3.27. The fourth-order valence-electron chi connectivity index (χ4n) is 3.27. The molecule has 25 heavy (non-hydrogen) atoms. The molecule has 0 saturated carbocycles. The predicted molar refractivity (Wildman–Crippen MR) is 96.9 cm³/mol. The lowest BCUT2D eigenvalue weighted by Gasteiger charge is -2.35. The first-order valence-electron chi connectivity index (χ1n) is 8.40. The summed E-state index contributed by atoms with van der Waals surface area (Å²) in [5, 5.41) is 0. The lowest BCUT2D eigenvalue weighted by atomic mass is 9.97. The van der Waals surface area contributed by atoms with Crippen molar-refractivity contribution in [1.29, 1.82) is 0 Å². The van der Waals surface area contributed by atoms with Gasteiger partial charge in [-0.25, -0.2) is 4.98 Å². The van der Waals surface area contributed by atoms with Crippen LogP contribution in [-0.2, 0) is 11.2 Å². The Bertz CT molecular complexity index is 729. The molecule has 0 saturated heterocycles. The molecule has 1 N–H and O–H groups in total. The Kier molecular flexibility index (Phi) is 5.40. The zero-order valence-corrected chi connectivity index (χ0v) is 14.3. The molecule has 3 heterocycles. The molecule has 1 aliphatic heterocycles. The van der Waals surface area contributed by atoms with Gasteiger partial charge in [0.05, 0.1) is 24.6 Å². The lowest BCUT2D eigenvalue weighted by molar-refractivity contribution is -0.132. The van der Waals surface area contributed by atoms with Crippen LogP contribution in [0.25, 0.3) is 0 Å². The SMILES string of the molecule is C=CCN(CC=C)C(=O)CN1CCc2[nH]cnc2C1c1cccnc1. The van der Waals surface area contributed by atoms with Crippen LogP contribution < -0.4 is 0 Å². The quantitative estimate of drug-likeness (QED) is 0.785. The first kappa shape index (κ1) is 17.1. The summed E-state index contributed by atoms with van der Waals surface area (Å²) in [6.07, 6.45) is 9.65. The first-order chi connectivity index (χ1) is 12.2. The summed E-state index contributed by atoms with van der Waals surface area (Å²) in [6, 6.07) is 3.88. The zero-order chi connectivity index (χ0) is 17.6. The van der Waals surface area contributed by atoms with E-state index in [9.17, 15) is 4.79 Å². The number of nitrogens with zero attached hydrogens (tertiary/aromatic N) is 4. The highest BCUT2D eigenvalue weighted by atomic mass is 16.2. The number of rotatable bonds is 7. The highest BCUT2D eigenvalue weighted by molar-refractivity contribution is 5.78. The highest BCUT2D eigenvalue weighted by Crippen LogP contribution is 2.32.